The summed E-state index contributed by atoms with van der Waals surface area (Å²) in [5.74, 6) is 0. The van der Waals surface area contributed by atoms with Crippen molar-refractivity contribution in [2.45, 2.75) is 49.8 Å². The first-order chi connectivity index (χ1) is 10.2. The van der Waals surface area contributed by atoms with Gasteiger partial charge in [0.15, 0.2) is 0 Å². The van der Waals surface area contributed by atoms with Crippen molar-refractivity contribution in [1.82, 2.24) is 4.90 Å². The normalized spacial score (nSPS) is 36.6. The molecule has 0 spiro atoms. The monoisotopic (exact) mass is 293 g/mol. The Balaban J connectivity index is 1.56. The Kier molecular flexibility index (Phi) is 4.57. The van der Waals surface area contributed by atoms with Gasteiger partial charge in [-0.3, -0.25) is 4.90 Å². The molecule has 2 fully saturated rings. The van der Waals surface area contributed by atoms with Gasteiger partial charge in [0.2, 0.25) is 0 Å². The predicted molar refractivity (Wildman–Crippen MR) is 77.6 cm³/mol. The Hall–Kier alpha value is -0.980. The molecule has 2 heterocycles. The third-order valence-corrected chi connectivity index (χ3v) is 4.61. The maximum absolute atomic E-state index is 10.0. The number of piperidine rings is 1. The van der Waals surface area contributed by atoms with Crippen LogP contribution in [-0.4, -0.2) is 63.8 Å². The highest BCUT2D eigenvalue weighted by Crippen LogP contribution is 2.32. The van der Waals surface area contributed by atoms with E-state index in [9.17, 15) is 15.3 Å². The number of aliphatic hydroxyl groups is 3. The van der Waals surface area contributed by atoms with Crippen LogP contribution in [0.1, 0.15) is 18.4 Å². The fourth-order valence-electron chi connectivity index (χ4n) is 3.48. The summed E-state index contributed by atoms with van der Waals surface area (Å²) in [5.41, 5.74) is 1.13. The van der Waals surface area contributed by atoms with Crippen LogP contribution >= 0.6 is 0 Å². The molecule has 1 aromatic rings. The zero-order valence-electron chi connectivity index (χ0n) is 12.0. The molecule has 2 aliphatic heterocycles. The van der Waals surface area contributed by atoms with Crippen molar-refractivity contribution in [2.75, 3.05) is 13.2 Å². The second kappa shape index (κ2) is 6.42. The van der Waals surface area contributed by atoms with Crippen molar-refractivity contribution in [1.29, 1.82) is 0 Å². The van der Waals surface area contributed by atoms with Gasteiger partial charge in [0.25, 0.3) is 0 Å². The molecular weight excluding hydrogens is 270 g/mol. The number of rotatable bonds is 4. The summed E-state index contributed by atoms with van der Waals surface area (Å²) < 4.78 is 5.79. The smallest absolute Gasteiger partial charge is 0.0991 e. The number of hydrogen-bond acceptors (Lipinski definition) is 5. The molecule has 1 aromatic carbocycles. The van der Waals surface area contributed by atoms with Crippen LogP contribution in [0.3, 0.4) is 0 Å². The molecule has 3 rings (SSSR count). The molecule has 2 saturated heterocycles. The number of fused-ring (bicyclic) bond motifs is 1. The van der Waals surface area contributed by atoms with E-state index in [2.05, 4.69) is 0 Å². The molecule has 0 aromatic heterocycles. The average Bonchev–Trinajstić information content (AvgIpc) is 2.79. The Morgan fingerprint density at radius 1 is 1.05 bits per heavy atom. The number of nitrogens with zero attached hydrogens (tertiary/aromatic N) is 1. The summed E-state index contributed by atoms with van der Waals surface area (Å²) >= 11 is 0. The SMILES string of the molecule is O[C@@H]1CC[C@@H](COCc2ccccc2)N2C[C@@H](O)[C@@H](O)C12. The van der Waals surface area contributed by atoms with Gasteiger partial charge in [-0.05, 0) is 18.4 Å². The molecule has 0 bridgehead atoms. The first-order valence-corrected chi connectivity index (χ1v) is 7.58. The minimum atomic E-state index is -0.864. The second-order valence-electron chi connectivity index (χ2n) is 6.04. The Morgan fingerprint density at radius 3 is 2.57 bits per heavy atom. The lowest BCUT2D eigenvalue weighted by Crippen LogP contribution is -2.54. The van der Waals surface area contributed by atoms with E-state index >= 15 is 0 Å². The summed E-state index contributed by atoms with van der Waals surface area (Å²) in [6.45, 7) is 1.52. The van der Waals surface area contributed by atoms with E-state index in [0.717, 1.165) is 12.0 Å². The van der Waals surface area contributed by atoms with Crippen molar-refractivity contribution in [3.05, 3.63) is 35.9 Å². The van der Waals surface area contributed by atoms with Crippen molar-refractivity contribution in [2.24, 2.45) is 0 Å². The molecule has 3 N–H and O–H groups in total. The third-order valence-electron chi connectivity index (χ3n) is 4.61. The van der Waals surface area contributed by atoms with Crippen LogP contribution in [-0.2, 0) is 11.3 Å². The zero-order valence-corrected chi connectivity index (χ0v) is 12.0. The predicted octanol–water partition coefficient (Wildman–Crippen LogP) is 0.132. The first-order valence-electron chi connectivity index (χ1n) is 7.58. The minimum Gasteiger partial charge on any atom is -0.391 e. The van der Waals surface area contributed by atoms with Gasteiger partial charge in [0, 0.05) is 12.6 Å². The van der Waals surface area contributed by atoms with Gasteiger partial charge >= 0.3 is 0 Å². The van der Waals surface area contributed by atoms with E-state index in [1.165, 1.54) is 0 Å². The summed E-state index contributed by atoms with van der Waals surface area (Å²) in [4.78, 5) is 2.01. The van der Waals surface area contributed by atoms with Crippen molar-refractivity contribution in [3.8, 4) is 0 Å². The number of benzene rings is 1. The van der Waals surface area contributed by atoms with Gasteiger partial charge in [-0.15, -0.1) is 0 Å². The molecule has 116 valence electrons. The quantitative estimate of drug-likeness (QED) is 0.736. The fraction of sp³-hybridized carbons (Fsp3) is 0.625. The van der Waals surface area contributed by atoms with Crippen LogP contribution in [0.25, 0.3) is 0 Å². The maximum atomic E-state index is 10.0. The highest BCUT2D eigenvalue weighted by Gasteiger charge is 2.48. The van der Waals surface area contributed by atoms with Crippen molar-refractivity contribution >= 4 is 0 Å². The Morgan fingerprint density at radius 2 is 1.81 bits per heavy atom. The highest BCUT2D eigenvalue weighted by molar-refractivity contribution is 5.13. The maximum Gasteiger partial charge on any atom is 0.0991 e. The van der Waals surface area contributed by atoms with Crippen LogP contribution in [0.15, 0.2) is 30.3 Å². The van der Waals surface area contributed by atoms with E-state index in [1.807, 2.05) is 35.2 Å². The molecular formula is C16H23NO4. The summed E-state index contributed by atoms with van der Waals surface area (Å²) in [6, 6.07) is 9.78. The Labute approximate surface area is 124 Å². The van der Waals surface area contributed by atoms with Gasteiger partial charge in [-0.1, -0.05) is 30.3 Å². The minimum absolute atomic E-state index is 0.147. The third kappa shape index (κ3) is 3.12. The fourth-order valence-corrected chi connectivity index (χ4v) is 3.48. The second-order valence-corrected chi connectivity index (χ2v) is 6.04. The van der Waals surface area contributed by atoms with E-state index in [0.29, 0.717) is 26.2 Å². The summed E-state index contributed by atoms with van der Waals surface area (Å²) in [5, 5.41) is 29.9. The van der Waals surface area contributed by atoms with Gasteiger partial charge in [-0.25, -0.2) is 0 Å². The zero-order chi connectivity index (χ0) is 14.8. The molecule has 2 aliphatic rings. The molecule has 5 heteroatoms. The number of hydrogen-bond donors (Lipinski definition) is 3. The van der Waals surface area contributed by atoms with E-state index in [1.54, 1.807) is 0 Å². The number of aliphatic hydroxyl groups excluding tert-OH is 3. The lowest BCUT2D eigenvalue weighted by atomic mass is 9.92. The van der Waals surface area contributed by atoms with Crippen LogP contribution in [0.5, 0.6) is 0 Å². The molecule has 21 heavy (non-hydrogen) atoms. The van der Waals surface area contributed by atoms with E-state index in [4.69, 9.17) is 4.74 Å². The molecule has 5 atom stereocenters. The van der Waals surface area contributed by atoms with Crippen LogP contribution in [0.4, 0.5) is 0 Å². The molecule has 0 aliphatic carbocycles. The Bertz CT molecular complexity index is 455. The van der Waals surface area contributed by atoms with E-state index < -0.39 is 18.3 Å². The number of ether oxygens (including phenoxy) is 1. The molecule has 1 unspecified atom stereocenters. The van der Waals surface area contributed by atoms with Crippen LogP contribution < -0.4 is 0 Å². The molecule has 0 saturated carbocycles. The van der Waals surface area contributed by atoms with Gasteiger partial charge in [0.1, 0.15) is 0 Å². The topological polar surface area (TPSA) is 73.2 Å². The lowest BCUT2D eigenvalue weighted by Gasteiger charge is -2.40. The molecule has 0 amide bonds. The largest absolute Gasteiger partial charge is 0.391 e. The van der Waals surface area contributed by atoms with Crippen LogP contribution in [0, 0.1) is 0 Å². The van der Waals surface area contributed by atoms with E-state index in [-0.39, 0.29) is 12.1 Å². The van der Waals surface area contributed by atoms with Crippen molar-refractivity contribution < 1.29 is 20.1 Å². The van der Waals surface area contributed by atoms with Gasteiger partial charge < -0.3 is 20.1 Å². The molecule has 5 nitrogen and oxygen atoms in total. The van der Waals surface area contributed by atoms with Crippen molar-refractivity contribution in [3.63, 3.8) is 0 Å². The van der Waals surface area contributed by atoms with Gasteiger partial charge in [-0.2, -0.15) is 0 Å². The highest BCUT2D eigenvalue weighted by atomic mass is 16.5. The first kappa shape index (κ1) is 14.9. The standard InChI is InChI=1S/C16H23NO4/c18-13-7-6-12(17-8-14(19)16(20)15(13)17)10-21-9-11-4-2-1-3-5-11/h1-5,12-16,18-20H,6-10H2/t12-,13+,14+,15?,16+/m0/s1. The van der Waals surface area contributed by atoms with Gasteiger partial charge in [0.05, 0.1) is 37.6 Å². The summed E-state index contributed by atoms with van der Waals surface area (Å²) in [6.07, 6.45) is -0.741. The average molecular weight is 293 g/mol. The van der Waals surface area contributed by atoms with Crippen LogP contribution in [0.2, 0.25) is 0 Å². The lowest BCUT2D eigenvalue weighted by molar-refractivity contribution is -0.0626. The summed E-state index contributed by atoms with van der Waals surface area (Å²) in [7, 11) is 0. The molecule has 0 radical (unpaired) electrons.